The molecule has 1 aromatic heterocycles. The fourth-order valence-corrected chi connectivity index (χ4v) is 3.66. The maximum atomic E-state index is 13.1. The molecule has 4 rings (SSSR count). The molecule has 3 aromatic rings. The molecule has 1 amide bonds. The minimum absolute atomic E-state index is 0.0181. The van der Waals surface area contributed by atoms with Crippen molar-refractivity contribution in [2.24, 2.45) is 0 Å². The van der Waals surface area contributed by atoms with Crippen LogP contribution in [0.3, 0.4) is 0 Å². The number of carbonyl (C=O) groups excluding carboxylic acids is 1. The Balaban J connectivity index is 1.83. The number of nitrogens with one attached hydrogen (secondary N) is 1. The first-order valence-electron chi connectivity index (χ1n) is 9.44. The number of alkyl halides is 3. The van der Waals surface area contributed by atoms with E-state index in [9.17, 15) is 37.8 Å². The van der Waals surface area contributed by atoms with Crippen molar-refractivity contribution in [2.75, 3.05) is 6.54 Å². The van der Waals surface area contributed by atoms with Crippen molar-refractivity contribution >= 4 is 22.8 Å². The van der Waals surface area contributed by atoms with Crippen LogP contribution in [0.1, 0.15) is 27.6 Å². The molecule has 0 fully saturated rings. The van der Waals surface area contributed by atoms with Crippen molar-refractivity contribution in [1.82, 2.24) is 9.88 Å². The lowest BCUT2D eigenvalue weighted by Gasteiger charge is -2.29. The number of carboxylic acids is 1. The quantitative estimate of drug-likeness (QED) is 0.465. The number of pyridine rings is 1. The predicted molar refractivity (Wildman–Crippen MR) is 106 cm³/mol. The molecular formula is C21H15F3N2O7. The number of hydrogen-bond donors (Lipinski definition) is 4. The lowest BCUT2D eigenvalue weighted by atomic mass is 10.0. The first-order chi connectivity index (χ1) is 15.5. The second-order valence-electron chi connectivity index (χ2n) is 7.25. The van der Waals surface area contributed by atoms with Crippen LogP contribution in [0.15, 0.2) is 41.2 Å². The third-order valence-corrected chi connectivity index (χ3v) is 5.18. The molecule has 0 aliphatic carbocycles. The number of rotatable bonds is 4. The highest BCUT2D eigenvalue weighted by Crippen LogP contribution is 2.43. The van der Waals surface area contributed by atoms with E-state index in [2.05, 4.69) is 0 Å². The van der Waals surface area contributed by atoms with E-state index in [0.29, 0.717) is 5.56 Å². The van der Waals surface area contributed by atoms with Gasteiger partial charge < -0.3 is 25.4 Å². The van der Waals surface area contributed by atoms with Gasteiger partial charge in [0.05, 0.1) is 17.5 Å². The Labute approximate surface area is 182 Å². The van der Waals surface area contributed by atoms with Crippen LogP contribution in [-0.2, 0) is 17.5 Å². The Morgan fingerprint density at radius 2 is 1.79 bits per heavy atom. The molecule has 0 saturated heterocycles. The van der Waals surface area contributed by atoms with Crippen molar-refractivity contribution in [3.63, 3.8) is 0 Å². The number of amides is 1. The summed E-state index contributed by atoms with van der Waals surface area (Å²) in [6, 6.07) is 6.59. The number of aliphatic carboxylic acids is 1. The highest BCUT2D eigenvalue weighted by atomic mass is 19.4. The van der Waals surface area contributed by atoms with Gasteiger partial charge in [-0.2, -0.15) is 13.2 Å². The molecule has 172 valence electrons. The highest BCUT2D eigenvalue weighted by molar-refractivity contribution is 6.06. The van der Waals surface area contributed by atoms with Crippen LogP contribution in [0.25, 0.3) is 10.9 Å². The van der Waals surface area contributed by atoms with Gasteiger partial charge in [0.25, 0.3) is 11.5 Å². The fraction of sp³-hybridized carbons (Fsp3) is 0.190. The summed E-state index contributed by atoms with van der Waals surface area (Å²) < 4.78 is 45.5. The maximum Gasteiger partial charge on any atom is 0.416 e. The number of phenolic OH excluding ortho intramolecular Hbond substituents is 1. The van der Waals surface area contributed by atoms with Gasteiger partial charge in [-0.15, -0.1) is 0 Å². The van der Waals surface area contributed by atoms with E-state index in [-0.39, 0.29) is 23.2 Å². The maximum absolute atomic E-state index is 13.1. The van der Waals surface area contributed by atoms with E-state index in [0.717, 1.165) is 22.8 Å². The normalized spacial score (nSPS) is 15.2. The molecule has 0 radical (unpaired) electrons. The number of phenols is 1. The molecule has 1 atom stereocenters. The Bertz CT molecular complexity index is 1350. The Morgan fingerprint density at radius 3 is 2.39 bits per heavy atom. The summed E-state index contributed by atoms with van der Waals surface area (Å²) in [5.74, 6) is -3.84. The summed E-state index contributed by atoms with van der Waals surface area (Å²) in [6.45, 7) is -1.07. The third-order valence-electron chi connectivity index (χ3n) is 5.18. The summed E-state index contributed by atoms with van der Waals surface area (Å²) in [4.78, 5) is 36.3. The van der Waals surface area contributed by atoms with Crippen molar-refractivity contribution < 1.29 is 42.8 Å². The van der Waals surface area contributed by atoms with E-state index < -0.39 is 58.9 Å². The molecule has 9 nitrogen and oxygen atoms in total. The highest BCUT2D eigenvalue weighted by Gasteiger charge is 2.33. The van der Waals surface area contributed by atoms with Crippen LogP contribution >= 0.6 is 0 Å². The van der Waals surface area contributed by atoms with Gasteiger partial charge in [0.1, 0.15) is 41.0 Å². The number of carbonyl (C=O) groups is 2. The van der Waals surface area contributed by atoms with E-state index in [4.69, 9.17) is 9.84 Å². The van der Waals surface area contributed by atoms with Gasteiger partial charge in [-0.1, -0.05) is 12.1 Å². The lowest BCUT2D eigenvalue weighted by molar-refractivity contribution is -0.138. The monoisotopic (exact) mass is 464 g/mol. The number of nitrogens with zero attached hydrogens (tertiary/aromatic N) is 1. The minimum Gasteiger partial charge on any atom is -0.507 e. The Kier molecular flexibility index (Phi) is 5.15. The van der Waals surface area contributed by atoms with E-state index in [1.807, 2.05) is 5.32 Å². The fourth-order valence-electron chi connectivity index (χ4n) is 3.66. The molecule has 2 aromatic carbocycles. The van der Waals surface area contributed by atoms with Crippen LogP contribution in [0, 0.1) is 0 Å². The number of aromatic nitrogens is 1. The Morgan fingerprint density at radius 1 is 1.12 bits per heavy atom. The molecular weight excluding hydrogens is 449 g/mol. The molecule has 0 bridgehead atoms. The molecule has 0 spiro atoms. The van der Waals surface area contributed by atoms with Crippen molar-refractivity contribution in [1.29, 1.82) is 0 Å². The van der Waals surface area contributed by atoms with E-state index in [1.54, 1.807) is 0 Å². The summed E-state index contributed by atoms with van der Waals surface area (Å²) in [5, 5.41) is 31.3. The van der Waals surface area contributed by atoms with Gasteiger partial charge in [-0.25, -0.2) is 0 Å². The molecule has 12 heteroatoms. The predicted octanol–water partition coefficient (Wildman–Crippen LogP) is 2.38. The van der Waals surface area contributed by atoms with Crippen LogP contribution in [0.5, 0.6) is 17.2 Å². The molecule has 1 aliphatic rings. The average Bonchev–Trinajstić information content (AvgIpc) is 2.75. The van der Waals surface area contributed by atoms with Crippen LogP contribution in [0.4, 0.5) is 13.2 Å². The van der Waals surface area contributed by atoms with Crippen molar-refractivity contribution in [2.45, 2.75) is 18.8 Å². The van der Waals surface area contributed by atoms with Crippen LogP contribution < -0.4 is 15.6 Å². The van der Waals surface area contributed by atoms with Gasteiger partial charge in [-0.05, 0) is 29.8 Å². The summed E-state index contributed by atoms with van der Waals surface area (Å²) >= 11 is 0. The smallest absolute Gasteiger partial charge is 0.416 e. The number of aromatic hydroxyl groups is 2. The number of ether oxygens (including phenoxy) is 1. The number of hydrogen-bond acceptors (Lipinski definition) is 6. The molecule has 2 heterocycles. The number of halogens is 3. The average molecular weight is 464 g/mol. The van der Waals surface area contributed by atoms with E-state index >= 15 is 0 Å². The Hall–Kier alpha value is -4.22. The summed E-state index contributed by atoms with van der Waals surface area (Å²) in [6.07, 6.45) is -5.46. The molecule has 1 unspecified atom stereocenters. The second-order valence-corrected chi connectivity index (χ2v) is 7.25. The molecule has 0 saturated carbocycles. The largest absolute Gasteiger partial charge is 0.507 e. The van der Waals surface area contributed by atoms with Gasteiger partial charge in [0.15, 0.2) is 0 Å². The molecule has 33 heavy (non-hydrogen) atoms. The second kappa shape index (κ2) is 7.73. The zero-order valence-corrected chi connectivity index (χ0v) is 16.5. The zero-order chi connectivity index (χ0) is 24.1. The first-order valence-corrected chi connectivity index (χ1v) is 9.44. The van der Waals surface area contributed by atoms with Crippen LogP contribution in [0.2, 0.25) is 0 Å². The lowest BCUT2D eigenvalue weighted by Crippen LogP contribution is -2.38. The zero-order valence-electron chi connectivity index (χ0n) is 16.5. The number of benzene rings is 2. The summed E-state index contributed by atoms with van der Waals surface area (Å²) in [5.41, 5.74) is -2.35. The van der Waals surface area contributed by atoms with Crippen molar-refractivity contribution in [3.05, 3.63) is 63.4 Å². The van der Waals surface area contributed by atoms with Crippen LogP contribution in [-0.4, -0.2) is 38.3 Å². The van der Waals surface area contributed by atoms with E-state index in [1.165, 1.54) is 18.2 Å². The van der Waals surface area contributed by atoms with Crippen molar-refractivity contribution in [3.8, 4) is 17.2 Å². The minimum atomic E-state index is -4.53. The van der Waals surface area contributed by atoms with Gasteiger partial charge in [-0.3, -0.25) is 19.0 Å². The topological polar surface area (TPSA) is 138 Å². The molecule has 4 N–H and O–H groups in total. The molecule has 1 aliphatic heterocycles. The van der Waals surface area contributed by atoms with Gasteiger partial charge in [0, 0.05) is 0 Å². The SMILES string of the molecule is O=C(O)CNC(=O)c1c(O)c2c(O)ccc3c2n(c1=O)CC(c1ccc(C(F)(F)F)cc1)O3. The summed E-state index contributed by atoms with van der Waals surface area (Å²) in [7, 11) is 0. The van der Waals surface area contributed by atoms with Gasteiger partial charge >= 0.3 is 12.1 Å². The first kappa shape index (κ1) is 22.0. The number of carboxylic acid groups (broad SMARTS) is 1. The van der Waals surface area contributed by atoms with Gasteiger partial charge in [0.2, 0.25) is 0 Å². The third kappa shape index (κ3) is 3.79. The standard InChI is InChI=1S/C21H15F3N2O7/c22-21(23,24)10-3-1-9(2-4-10)13-8-26-17-12(33-13)6-5-11(27)15(17)18(30)16(20(26)32)19(31)25-7-14(28)29/h1-6,13,27,30H,7-8H2,(H,25,31)(H,28,29).